The van der Waals surface area contributed by atoms with Crippen molar-refractivity contribution < 1.29 is 13.2 Å². The van der Waals surface area contributed by atoms with Gasteiger partial charge in [0.15, 0.2) is 4.80 Å². The van der Waals surface area contributed by atoms with Crippen molar-refractivity contribution in [2.24, 2.45) is 12.0 Å². The second kappa shape index (κ2) is 7.89. The lowest BCUT2D eigenvalue weighted by molar-refractivity contribution is -0.118. The van der Waals surface area contributed by atoms with Crippen LogP contribution in [0.1, 0.15) is 13.8 Å². The molecule has 2 aromatic rings. The van der Waals surface area contributed by atoms with Crippen molar-refractivity contribution in [3.05, 3.63) is 45.1 Å². The Hall–Kier alpha value is -2.04. The van der Waals surface area contributed by atoms with Gasteiger partial charge in [-0.25, -0.2) is 8.42 Å². The number of aryl methyl sites for hydroxylation is 1. The van der Waals surface area contributed by atoms with Crippen molar-refractivity contribution in [3.8, 4) is 0 Å². The van der Waals surface area contributed by atoms with Crippen LogP contribution in [-0.4, -0.2) is 40.9 Å². The summed E-state index contributed by atoms with van der Waals surface area (Å²) in [6.07, 6.45) is 2.96. The zero-order chi connectivity index (χ0) is 18.6. The Balaban J connectivity index is 2.36. The average molecular weight is 384 g/mol. The van der Waals surface area contributed by atoms with Gasteiger partial charge in [-0.3, -0.25) is 9.59 Å². The highest BCUT2D eigenvalue weighted by Gasteiger charge is 2.22. The van der Waals surface area contributed by atoms with Crippen molar-refractivity contribution in [2.45, 2.75) is 25.3 Å². The summed E-state index contributed by atoms with van der Waals surface area (Å²) in [7, 11) is -1.95. The molecule has 0 saturated heterocycles. The SMILES string of the molecule is CCN(CC)S(=O)(=O)c1ccc(=O)n(CC(=O)N=c2sccn2C)c1. The third-order valence-electron chi connectivity index (χ3n) is 3.59. The lowest BCUT2D eigenvalue weighted by Crippen LogP contribution is -2.32. The van der Waals surface area contributed by atoms with Crippen LogP contribution in [0.5, 0.6) is 0 Å². The van der Waals surface area contributed by atoms with Gasteiger partial charge in [-0.15, -0.1) is 11.3 Å². The largest absolute Gasteiger partial charge is 0.327 e. The minimum atomic E-state index is -3.70. The Morgan fingerprint density at radius 2 is 1.96 bits per heavy atom. The molecule has 0 aliphatic rings. The Labute approximate surface area is 149 Å². The first-order valence-electron chi connectivity index (χ1n) is 7.68. The molecule has 0 aromatic carbocycles. The van der Waals surface area contributed by atoms with E-state index in [1.807, 2.05) is 0 Å². The topological polar surface area (TPSA) is 93.7 Å². The van der Waals surface area contributed by atoms with Crippen LogP contribution in [0.4, 0.5) is 0 Å². The molecule has 136 valence electrons. The molecule has 0 fully saturated rings. The molecular formula is C15H20N4O4S2. The van der Waals surface area contributed by atoms with Gasteiger partial charge < -0.3 is 9.13 Å². The summed E-state index contributed by atoms with van der Waals surface area (Å²) in [5.74, 6) is -0.530. The van der Waals surface area contributed by atoms with Gasteiger partial charge in [0, 0.05) is 44.0 Å². The van der Waals surface area contributed by atoms with Crippen LogP contribution in [0.25, 0.3) is 0 Å². The molecule has 25 heavy (non-hydrogen) atoms. The van der Waals surface area contributed by atoms with E-state index >= 15 is 0 Å². The molecular weight excluding hydrogens is 364 g/mol. The highest BCUT2D eigenvalue weighted by Crippen LogP contribution is 2.13. The Bertz CT molecular complexity index is 981. The van der Waals surface area contributed by atoms with E-state index in [0.717, 1.165) is 10.6 Å². The molecule has 0 saturated carbocycles. The molecule has 2 aromatic heterocycles. The van der Waals surface area contributed by atoms with E-state index in [2.05, 4.69) is 4.99 Å². The first-order valence-corrected chi connectivity index (χ1v) is 10.00. The maximum Gasteiger partial charge on any atom is 0.268 e. The van der Waals surface area contributed by atoms with E-state index in [1.54, 1.807) is 37.0 Å². The molecule has 0 atom stereocenters. The highest BCUT2D eigenvalue weighted by molar-refractivity contribution is 7.89. The van der Waals surface area contributed by atoms with Crippen molar-refractivity contribution in [1.29, 1.82) is 0 Å². The fraction of sp³-hybridized carbons (Fsp3) is 0.400. The summed E-state index contributed by atoms with van der Waals surface area (Å²) in [4.78, 5) is 28.5. The van der Waals surface area contributed by atoms with Gasteiger partial charge in [0.05, 0.1) is 4.90 Å². The van der Waals surface area contributed by atoms with Crippen molar-refractivity contribution in [2.75, 3.05) is 13.1 Å². The minimum Gasteiger partial charge on any atom is -0.327 e. The van der Waals surface area contributed by atoms with Crippen LogP contribution in [0.15, 0.2) is 44.6 Å². The number of carbonyl (C=O) groups is 1. The lowest BCUT2D eigenvalue weighted by atomic mass is 10.4. The third-order valence-corrected chi connectivity index (χ3v) is 6.47. The van der Waals surface area contributed by atoms with Crippen LogP contribution in [0.3, 0.4) is 0 Å². The third kappa shape index (κ3) is 4.33. The summed E-state index contributed by atoms with van der Waals surface area (Å²) in [5.41, 5.74) is -0.461. The summed E-state index contributed by atoms with van der Waals surface area (Å²) >= 11 is 1.30. The first-order chi connectivity index (χ1) is 11.8. The van der Waals surface area contributed by atoms with Gasteiger partial charge in [0.2, 0.25) is 10.0 Å². The number of aromatic nitrogens is 2. The maximum atomic E-state index is 12.5. The summed E-state index contributed by atoms with van der Waals surface area (Å²) < 4.78 is 29.1. The molecule has 0 aliphatic carbocycles. The summed E-state index contributed by atoms with van der Waals surface area (Å²) in [5, 5.41) is 1.79. The monoisotopic (exact) mass is 384 g/mol. The van der Waals surface area contributed by atoms with Gasteiger partial charge in [-0.05, 0) is 6.07 Å². The number of hydrogen-bond acceptors (Lipinski definition) is 5. The Morgan fingerprint density at radius 1 is 1.28 bits per heavy atom. The van der Waals surface area contributed by atoms with Gasteiger partial charge in [0.1, 0.15) is 6.54 Å². The zero-order valence-electron chi connectivity index (χ0n) is 14.2. The lowest BCUT2D eigenvalue weighted by Gasteiger charge is -2.18. The zero-order valence-corrected chi connectivity index (χ0v) is 15.9. The number of rotatable bonds is 6. The van der Waals surface area contributed by atoms with Gasteiger partial charge in [0.25, 0.3) is 11.5 Å². The fourth-order valence-corrected chi connectivity index (χ4v) is 4.45. The fourth-order valence-electron chi connectivity index (χ4n) is 2.22. The van der Waals surface area contributed by atoms with Crippen LogP contribution >= 0.6 is 11.3 Å². The van der Waals surface area contributed by atoms with Gasteiger partial charge in [-0.1, -0.05) is 13.8 Å². The second-order valence-corrected chi connectivity index (χ2v) is 8.03. The molecule has 0 radical (unpaired) electrons. The van der Waals surface area contributed by atoms with E-state index in [4.69, 9.17) is 0 Å². The van der Waals surface area contributed by atoms with Crippen LogP contribution in [-0.2, 0) is 28.4 Å². The van der Waals surface area contributed by atoms with Crippen LogP contribution in [0, 0.1) is 0 Å². The molecule has 2 heterocycles. The molecule has 1 amide bonds. The number of carbonyl (C=O) groups excluding carboxylic acids is 1. The number of sulfonamides is 1. The molecule has 0 bridgehead atoms. The quantitative estimate of drug-likeness (QED) is 0.721. The Kier molecular flexibility index (Phi) is 6.09. The van der Waals surface area contributed by atoms with E-state index in [1.165, 1.54) is 27.9 Å². The molecule has 0 unspecified atom stereocenters. The number of hydrogen-bond donors (Lipinski definition) is 0. The molecule has 0 N–H and O–H groups in total. The molecule has 10 heteroatoms. The molecule has 0 spiro atoms. The number of thiazole rings is 1. The molecule has 2 rings (SSSR count). The van der Waals surface area contributed by atoms with Crippen molar-refractivity contribution in [1.82, 2.24) is 13.4 Å². The van der Waals surface area contributed by atoms with E-state index < -0.39 is 21.5 Å². The number of nitrogens with zero attached hydrogens (tertiary/aromatic N) is 4. The first kappa shape index (κ1) is 19.3. The minimum absolute atomic E-state index is 0.0229. The van der Waals surface area contributed by atoms with Crippen LogP contribution < -0.4 is 10.4 Å². The van der Waals surface area contributed by atoms with Crippen LogP contribution in [0.2, 0.25) is 0 Å². The predicted molar refractivity (Wildman–Crippen MR) is 94.7 cm³/mol. The summed E-state index contributed by atoms with van der Waals surface area (Å²) in [6, 6.07) is 2.40. The standard InChI is InChI=1S/C15H20N4O4S2/c1-4-19(5-2)25(22,23)12-6-7-14(21)18(10-12)11-13(20)16-15-17(3)8-9-24-15/h6-10H,4-5,11H2,1-3H3. The number of pyridine rings is 1. The normalized spacial score (nSPS) is 12.7. The highest BCUT2D eigenvalue weighted by atomic mass is 32.2. The Morgan fingerprint density at radius 3 is 2.52 bits per heavy atom. The second-order valence-electron chi connectivity index (χ2n) is 5.22. The van der Waals surface area contributed by atoms with Gasteiger partial charge >= 0.3 is 0 Å². The smallest absolute Gasteiger partial charge is 0.268 e. The average Bonchev–Trinajstić information content (AvgIpc) is 2.95. The number of amides is 1. The summed E-state index contributed by atoms with van der Waals surface area (Å²) in [6.45, 7) is 3.79. The van der Waals surface area contributed by atoms with Crippen molar-refractivity contribution >= 4 is 27.3 Å². The van der Waals surface area contributed by atoms with E-state index in [-0.39, 0.29) is 11.4 Å². The molecule has 8 nitrogen and oxygen atoms in total. The van der Waals surface area contributed by atoms with Gasteiger partial charge in [-0.2, -0.15) is 9.30 Å². The van der Waals surface area contributed by atoms with E-state index in [9.17, 15) is 18.0 Å². The van der Waals surface area contributed by atoms with E-state index in [0.29, 0.717) is 17.9 Å². The predicted octanol–water partition coefficient (Wildman–Crippen LogP) is 0.406. The molecule has 0 aliphatic heterocycles. The maximum absolute atomic E-state index is 12.5. The van der Waals surface area contributed by atoms with Crippen molar-refractivity contribution in [3.63, 3.8) is 0 Å².